The molecule has 2 fully saturated rings. The van der Waals surface area contributed by atoms with Gasteiger partial charge in [-0.25, -0.2) is 15.0 Å². The van der Waals surface area contributed by atoms with E-state index in [1.807, 2.05) is 47.2 Å². The summed E-state index contributed by atoms with van der Waals surface area (Å²) in [4.78, 5) is 15.0. The maximum Gasteiger partial charge on any atom is 0.258 e. The molecular weight excluding hydrogens is 502 g/mol. The van der Waals surface area contributed by atoms with Gasteiger partial charge in [0.25, 0.3) is 5.88 Å². The minimum Gasteiger partial charge on any atom is -0.478 e. The van der Waals surface area contributed by atoms with Crippen LogP contribution in [0.25, 0.3) is 33.7 Å². The Labute approximate surface area is 232 Å². The van der Waals surface area contributed by atoms with Crippen LogP contribution in [0.3, 0.4) is 0 Å². The molecule has 2 N–H and O–H groups in total. The molecule has 0 spiro atoms. The van der Waals surface area contributed by atoms with Crippen molar-refractivity contribution in [3.05, 3.63) is 53.6 Å². The largest absolute Gasteiger partial charge is 0.478 e. The van der Waals surface area contributed by atoms with Crippen molar-refractivity contribution in [2.45, 2.75) is 51.0 Å². The zero-order valence-electron chi connectivity index (χ0n) is 23.3. The van der Waals surface area contributed by atoms with E-state index in [0.29, 0.717) is 29.2 Å². The van der Waals surface area contributed by atoms with Crippen LogP contribution in [-0.4, -0.2) is 47.4 Å². The second-order valence-corrected chi connectivity index (χ2v) is 10.9. The van der Waals surface area contributed by atoms with Gasteiger partial charge >= 0.3 is 0 Å². The molecule has 10 heteroatoms. The maximum absolute atomic E-state index is 6.57. The van der Waals surface area contributed by atoms with Crippen molar-refractivity contribution >= 4 is 28.6 Å². The summed E-state index contributed by atoms with van der Waals surface area (Å²) in [7, 11) is 5.66. The molecule has 0 aliphatic heterocycles. The molecule has 10 nitrogen and oxygen atoms in total. The molecule has 2 aliphatic carbocycles. The van der Waals surface area contributed by atoms with Gasteiger partial charge in [-0.2, -0.15) is 5.10 Å². The Morgan fingerprint density at radius 3 is 2.62 bits per heavy atom. The molecular formula is C30H33N9O. The number of aromatic nitrogens is 7. The number of rotatable bonds is 8. The summed E-state index contributed by atoms with van der Waals surface area (Å²) in [5.74, 6) is 1.89. The number of aliphatic imine (C=N–C) groups is 1. The number of nitrogens with two attached hydrogens (primary N) is 1. The lowest BCUT2D eigenvalue weighted by Gasteiger charge is -2.10. The number of fused-ring (bicyclic) bond motifs is 1. The van der Waals surface area contributed by atoms with Crippen LogP contribution in [0.4, 0.5) is 11.4 Å². The number of hydrogen-bond acceptors (Lipinski definition) is 7. The van der Waals surface area contributed by atoms with Crippen LogP contribution in [0.1, 0.15) is 61.5 Å². The van der Waals surface area contributed by atoms with Crippen molar-refractivity contribution < 1.29 is 4.74 Å². The van der Waals surface area contributed by atoms with Crippen molar-refractivity contribution in [3.63, 3.8) is 0 Å². The Bertz CT molecular complexity index is 1780. The molecule has 0 saturated heterocycles. The van der Waals surface area contributed by atoms with E-state index in [1.54, 1.807) is 7.11 Å². The number of hydrogen-bond donors (Lipinski definition) is 1. The lowest BCUT2D eigenvalue weighted by Crippen LogP contribution is -2.02. The maximum atomic E-state index is 6.57. The van der Waals surface area contributed by atoms with Crippen molar-refractivity contribution in [1.82, 2.24) is 34.1 Å². The molecule has 1 aromatic carbocycles. The predicted molar refractivity (Wildman–Crippen MR) is 156 cm³/mol. The first-order valence-corrected chi connectivity index (χ1v) is 13.9. The molecule has 40 heavy (non-hydrogen) atoms. The molecule has 0 amide bonds. The Balaban J connectivity index is 1.36. The van der Waals surface area contributed by atoms with Gasteiger partial charge in [0.2, 0.25) is 0 Å². The average molecular weight is 536 g/mol. The first-order valence-electron chi connectivity index (χ1n) is 13.9. The zero-order chi connectivity index (χ0) is 27.5. The number of nitrogens with zero attached hydrogens (tertiary/aromatic N) is 8. The highest BCUT2D eigenvalue weighted by Gasteiger charge is 2.33. The topological polar surface area (TPSA) is 114 Å². The van der Waals surface area contributed by atoms with Gasteiger partial charge in [-0.05, 0) is 44.2 Å². The quantitative estimate of drug-likeness (QED) is 0.212. The summed E-state index contributed by atoms with van der Waals surface area (Å²) in [5, 5.41) is 10.1. The van der Waals surface area contributed by atoms with E-state index in [1.165, 1.54) is 5.69 Å². The minimum atomic E-state index is 0.441. The van der Waals surface area contributed by atoms with Gasteiger partial charge in [0.1, 0.15) is 11.5 Å². The molecule has 204 valence electrons. The molecule has 4 heterocycles. The first-order chi connectivity index (χ1) is 19.4. The number of ether oxygens (including phenoxy) is 1. The molecule has 0 atom stereocenters. The Morgan fingerprint density at radius 2 is 1.90 bits per heavy atom. The normalized spacial score (nSPS) is 15.5. The molecule has 0 bridgehead atoms. The number of methoxy groups -OCH3 is 1. The van der Waals surface area contributed by atoms with E-state index in [9.17, 15) is 0 Å². The van der Waals surface area contributed by atoms with Crippen molar-refractivity contribution in [2.24, 2.45) is 19.1 Å². The molecule has 2 aliphatic rings. The van der Waals surface area contributed by atoms with E-state index >= 15 is 0 Å². The SMILES string of the molecule is CCc1nc2nn(C)cc2cc1-c1nc(-c2cccc(N)c2C=Nc2cn(C3CC3)nc2OC)c(C2CC2)n1C. The number of anilines is 1. The van der Waals surface area contributed by atoms with Crippen molar-refractivity contribution in [3.8, 4) is 28.5 Å². The molecule has 0 radical (unpaired) electrons. The highest BCUT2D eigenvalue weighted by atomic mass is 16.5. The van der Waals surface area contributed by atoms with E-state index in [-0.39, 0.29) is 0 Å². The van der Waals surface area contributed by atoms with E-state index in [4.69, 9.17) is 25.4 Å². The molecule has 5 aromatic rings. The van der Waals surface area contributed by atoms with Crippen LogP contribution in [-0.2, 0) is 20.5 Å². The van der Waals surface area contributed by atoms with Gasteiger partial charge in [-0.15, -0.1) is 5.10 Å². The third kappa shape index (κ3) is 4.14. The summed E-state index contributed by atoms with van der Waals surface area (Å²) in [6, 6.07) is 8.59. The molecule has 4 aromatic heterocycles. The number of pyridine rings is 1. The molecule has 2 saturated carbocycles. The Morgan fingerprint density at radius 1 is 1.07 bits per heavy atom. The highest BCUT2D eigenvalue weighted by molar-refractivity contribution is 5.97. The standard InChI is InChI=1S/C30H33N9O/c1-5-24-21(13-18-15-37(2)35-28(18)33-24)29-34-26(27(38(29)3)17-9-10-17)20-7-6-8-23(31)22(20)14-32-25-16-39(19-11-12-19)36-30(25)40-4/h6-8,13-17,19H,5,9-12,31H2,1-4H3. The summed E-state index contributed by atoms with van der Waals surface area (Å²) < 4.78 is 11.5. The van der Waals surface area contributed by atoms with Gasteiger partial charge in [0, 0.05) is 65.9 Å². The first kappa shape index (κ1) is 24.6. The van der Waals surface area contributed by atoms with E-state index in [2.05, 4.69) is 40.9 Å². The highest BCUT2D eigenvalue weighted by Crippen LogP contribution is 2.47. The Hall–Kier alpha value is -4.47. The number of aryl methyl sites for hydroxylation is 2. The third-order valence-corrected chi connectivity index (χ3v) is 7.89. The average Bonchev–Trinajstić information content (AvgIpc) is 3.87. The predicted octanol–water partition coefficient (Wildman–Crippen LogP) is 5.35. The van der Waals surface area contributed by atoms with E-state index in [0.717, 1.165) is 77.0 Å². The smallest absolute Gasteiger partial charge is 0.258 e. The van der Waals surface area contributed by atoms with E-state index < -0.39 is 0 Å². The number of benzene rings is 1. The van der Waals surface area contributed by atoms with Gasteiger partial charge in [-0.1, -0.05) is 19.1 Å². The van der Waals surface area contributed by atoms with Gasteiger partial charge in [0.15, 0.2) is 5.65 Å². The monoisotopic (exact) mass is 535 g/mol. The lowest BCUT2D eigenvalue weighted by molar-refractivity contribution is 0.389. The van der Waals surface area contributed by atoms with Crippen LogP contribution < -0.4 is 10.5 Å². The van der Waals surface area contributed by atoms with Gasteiger partial charge in [-0.3, -0.25) is 9.36 Å². The number of imidazole rings is 1. The number of nitrogen functional groups attached to an aromatic ring is 1. The Kier molecular flexibility index (Phi) is 5.72. The third-order valence-electron chi connectivity index (χ3n) is 7.89. The zero-order valence-corrected chi connectivity index (χ0v) is 23.3. The van der Waals surface area contributed by atoms with Crippen molar-refractivity contribution in [2.75, 3.05) is 12.8 Å². The van der Waals surface area contributed by atoms with Gasteiger partial charge < -0.3 is 15.0 Å². The fourth-order valence-corrected chi connectivity index (χ4v) is 5.54. The summed E-state index contributed by atoms with van der Waals surface area (Å²) in [5.41, 5.74) is 14.7. The summed E-state index contributed by atoms with van der Waals surface area (Å²) >= 11 is 0. The van der Waals surface area contributed by atoms with Crippen molar-refractivity contribution in [1.29, 1.82) is 0 Å². The minimum absolute atomic E-state index is 0.441. The van der Waals surface area contributed by atoms with Crippen LogP contribution in [0.15, 0.2) is 41.7 Å². The fourth-order valence-electron chi connectivity index (χ4n) is 5.54. The second-order valence-electron chi connectivity index (χ2n) is 10.9. The van der Waals surface area contributed by atoms with Gasteiger partial charge in [0.05, 0.1) is 30.7 Å². The second kappa shape index (κ2) is 9.32. The summed E-state index contributed by atoms with van der Waals surface area (Å²) in [6.07, 6.45) is 11.1. The lowest BCUT2D eigenvalue weighted by atomic mass is 10.0. The van der Waals surface area contributed by atoms with Crippen LogP contribution in [0.5, 0.6) is 5.88 Å². The molecule has 0 unspecified atom stereocenters. The molecule has 7 rings (SSSR count). The fraction of sp³-hybridized carbons (Fsp3) is 0.367. The van der Waals surface area contributed by atoms with Crippen LogP contribution >= 0.6 is 0 Å². The van der Waals surface area contributed by atoms with Crippen LogP contribution in [0, 0.1) is 0 Å². The summed E-state index contributed by atoms with van der Waals surface area (Å²) in [6.45, 7) is 2.12. The van der Waals surface area contributed by atoms with Crippen LogP contribution in [0.2, 0.25) is 0 Å².